The lowest BCUT2D eigenvalue weighted by Crippen LogP contribution is -2.23. The van der Waals surface area contributed by atoms with Crippen molar-refractivity contribution < 1.29 is 12.8 Å². The molecule has 0 radical (unpaired) electrons. The van der Waals surface area contributed by atoms with Crippen molar-refractivity contribution >= 4 is 10.0 Å². The summed E-state index contributed by atoms with van der Waals surface area (Å²) in [5, 5.41) is 0. The van der Waals surface area contributed by atoms with E-state index < -0.39 is 15.8 Å². The molecular formula is C14H16FN3O2S. The van der Waals surface area contributed by atoms with E-state index in [4.69, 9.17) is 5.73 Å². The third kappa shape index (κ3) is 4.32. The number of nitrogens with two attached hydrogens (primary N) is 1. The average Bonchev–Trinajstić information content (AvgIpc) is 2.47. The van der Waals surface area contributed by atoms with Gasteiger partial charge in [-0.3, -0.25) is 4.98 Å². The normalized spacial score (nSPS) is 11.5. The summed E-state index contributed by atoms with van der Waals surface area (Å²) in [5.74, 6) is -0.691. The molecule has 0 amide bonds. The van der Waals surface area contributed by atoms with Crippen LogP contribution in [0.1, 0.15) is 11.1 Å². The first-order valence-corrected chi connectivity index (χ1v) is 7.88. The van der Waals surface area contributed by atoms with Crippen molar-refractivity contribution in [1.29, 1.82) is 0 Å². The molecule has 2 rings (SSSR count). The fraction of sp³-hybridized carbons (Fsp3) is 0.214. The Kier molecular flexibility index (Phi) is 5.00. The van der Waals surface area contributed by atoms with E-state index in [1.807, 2.05) is 24.3 Å². The maximum atomic E-state index is 13.0. The van der Waals surface area contributed by atoms with Crippen molar-refractivity contribution in [3.05, 3.63) is 59.7 Å². The van der Waals surface area contributed by atoms with E-state index in [-0.39, 0.29) is 11.4 Å². The summed E-state index contributed by atoms with van der Waals surface area (Å²) in [6.07, 6.45) is 2.84. The lowest BCUT2D eigenvalue weighted by Gasteiger charge is -2.07. The third-order valence-electron chi connectivity index (χ3n) is 2.91. The number of benzene rings is 1. The summed E-state index contributed by atoms with van der Waals surface area (Å²) in [7, 11) is -3.77. The van der Waals surface area contributed by atoms with Crippen LogP contribution in [0.5, 0.6) is 0 Å². The highest BCUT2D eigenvalue weighted by Gasteiger charge is 2.14. The summed E-state index contributed by atoms with van der Waals surface area (Å²) in [4.78, 5) is 3.34. The molecule has 0 saturated heterocycles. The zero-order valence-corrected chi connectivity index (χ0v) is 12.1. The molecule has 5 nitrogen and oxygen atoms in total. The highest BCUT2D eigenvalue weighted by atomic mass is 32.2. The molecule has 0 aliphatic rings. The van der Waals surface area contributed by atoms with Gasteiger partial charge in [0.15, 0.2) is 0 Å². The molecule has 112 valence electrons. The molecule has 0 fully saturated rings. The summed E-state index contributed by atoms with van der Waals surface area (Å²) < 4.78 is 39.4. The number of aromatic nitrogens is 1. The molecular weight excluding hydrogens is 293 g/mol. The predicted octanol–water partition coefficient (Wildman–Crippen LogP) is 1.20. The summed E-state index contributed by atoms with van der Waals surface area (Å²) in [5.41, 5.74) is 7.37. The Labute approximate surface area is 123 Å². The molecule has 1 aromatic heterocycles. The SMILES string of the molecule is NCCc1ccc(CNS(=O)(=O)c2cncc(F)c2)cc1. The molecule has 7 heteroatoms. The summed E-state index contributed by atoms with van der Waals surface area (Å²) in [6.45, 7) is 0.695. The van der Waals surface area contributed by atoms with Gasteiger partial charge in [0.1, 0.15) is 10.7 Å². The second kappa shape index (κ2) is 6.75. The van der Waals surface area contributed by atoms with Crippen molar-refractivity contribution in [3.8, 4) is 0 Å². The minimum absolute atomic E-state index is 0.127. The van der Waals surface area contributed by atoms with E-state index in [0.717, 1.165) is 36.0 Å². The number of nitrogens with one attached hydrogen (secondary N) is 1. The molecule has 0 aliphatic heterocycles. The molecule has 0 saturated carbocycles. The van der Waals surface area contributed by atoms with Crippen LogP contribution in [0.2, 0.25) is 0 Å². The van der Waals surface area contributed by atoms with Gasteiger partial charge >= 0.3 is 0 Å². The molecule has 3 N–H and O–H groups in total. The molecule has 1 heterocycles. The Balaban J connectivity index is 2.04. The van der Waals surface area contributed by atoms with E-state index >= 15 is 0 Å². The summed E-state index contributed by atoms with van der Waals surface area (Å²) >= 11 is 0. The van der Waals surface area contributed by atoms with Crippen LogP contribution in [-0.4, -0.2) is 19.9 Å². The lowest BCUT2D eigenvalue weighted by molar-refractivity contribution is 0.575. The summed E-state index contributed by atoms with van der Waals surface area (Å²) in [6, 6.07) is 8.40. The molecule has 0 bridgehead atoms. The lowest BCUT2D eigenvalue weighted by atomic mass is 10.1. The molecule has 2 aromatic rings. The van der Waals surface area contributed by atoms with E-state index in [1.165, 1.54) is 0 Å². The topological polar surface area (TPSA) is 85.1 Å². The molecule has 0 atom stereocenters. The fourth-order valence-electron chi connectivity index (χ4n) is 1.79. The average molecular weight is 309 g/mol. The van der Waals surface area contributed by atoms with E-state index in [9.17, 15) is 12.8 Å². The van der Waals surface area contributed by atoms with E-state index in [1.54, 1.807) is 0 Å². The van der Waals surface area contributed by atoms with Crippen molar-refractivity contribution in [3.63, 3.8) is 0 Å². The van der Waals surface area contributed by atoms with Gasteiger partial charge in [-0.2, -0.15) is 0 Å². The van der Waals surface area contributed by atoms with Crippen molar-refractivity contribution in [2.45, 2.75) is 17.9 Å². The molecule has 21 heavy (non-hydrogen) atoms. The van der Waals surface area contributed by atoms with Gasteiger partial charge in [0.05, 0.1) is 6.20 Å². The van der Waals surface area contributed by atoms with Gasteiger partial charge in [-0.05, 0) is 30.2 Å². The second-order valence-electron chi connectivity index (χ2n) is 4.52. The van der Waals surface area contributed by atoms with Crippen LogP contribution in [0, 0.1) is 5.82 Å². The highest BCUT2D eigenvalue weighted by Crippen LogP contribution is 2.10. The third-order valence-corrected chi connectivity index (χ3v) is 4.28. The van der Waals surface area contributed by atoms with Crippen molar-refractivity contribution in [1.82, 2.24) is 9.71 Å². The molecule has 1 aromatic carbocycles. The Morgan fingerprint density at radius 1 is 1.14 bits per heavy atom. The van der Waals surface area contributed by atoms with Crippen molar-refractivity contribution in [2.75, 3.05) is 6.54 Å². The fourth-order valence-corrected chi connectivity index (χ4v) is 2.78. The van der Waals surface area contributed by atoms with Crippen LogP contribution in [0.3, 0.4) is 0 Å². The van der Waals surface area contributed by atoms with Crippen LogP contribution in [0.25, 0.3) is 0 Å². The first-order chi connectivity index (χ1) is 10.0. The standard InChI is InChI=1S/C14H16FN3O2S/c15-13-7-14(10-17-9-13)21(19,20)18-8-12-3-1-11(2-4-12)5-6-16/h1-4,7,9-10,18H,5-6,8,16H2. The van der Waals surface area contributed by atoms with Crippen LogP contribution < -0.4 is 10.5 Å². The maximum absolute atomic E-state index is 13.0. The van der Waals surface area contributed by atoms with Gasteiger partial charge in [-0.25, -0.2) is 17.5 Å². The smallest absolute Gasteiger partial charge is 0.242 e. The zero-order valence-electron chi connectivity index (χ0n) is 11.3. The highest BCUT2D eigenvalue weighted by molar-refractivity contribution is 7.89. The van der Waals surface area contributed by atoms with Crippen LogP contribution in [-0.2, 0) is 23.0 Å². The molecule has 0 aliphatic carbocycles. The number of sulfonamides is 1. The minimum atomic E-state index is -3.77. The van der Waals surface area contributed by atoms with Crippen LogP contribution >= 0.6 is 0 Å². The van der Waals surface area contributed by atoms with Crippen molar-refractivity contribution in [2.24, 2.45) is 5.73 Å². The number of nitrogens with zero attached hydrogens (tertiary/aromatic N) is 1. The van der Waals surface area contributed by atoms with Crippen LogP contribution in [0.15, 0.2) is 47.6 Å². The second-order valence-corrected chi connectivity index (χ2v) is 6.29. The Bertz CT molecular complexity index is 702. The van der Waals surface area contributed by atoms with Crippen LogP contribution in [0.4, 0.5) is 4.39 Å². The largest absolute Gasteiger partial charge is 0.330 e. The molecule has 0 spiro atoms. The van der Waals surface area contributed by atoms with Gasteiger partial charge in [0, 0.05) is 12.7 Å². The number of halogens is 1. The number of pyridine rings is 1. The maximum Gasteiger partial charge on any atom is 0.242 e. The Morgan fingerprint density at radius 2 is 1.81 bits per heavy atom. The van der Waals surface area contributed by atoms with E-state index in [0.29, 0.717) is 6.54 Å². The first kappa shape index (κ1) is 15.6. The van der Waals surface area contributed by atoms with E-state index in [2.05, 4.69) is 9.71 Å². The van der Waals surface area contributed by atoms with Gasteiger partial charge < -0.3 is 5.73 Å². The Hall–Kier alpha value is -1.83. The predicted molar refractivity (Wildman–Crippen MR) is 77.4 cm³/mol. The molecule has 0 unspecified atom stereocenters. The van der Waals surface area contributed by atoms with Gasteiger partial charge in [0.25, 0.3) is 0 Å². The number of hydrogen-bond donors (Lipinski definition) is 2. The Morgan fingerprint density at radius 3 is 2.43 bits per heavy atom. The van der Waals surface area contributed by atoms with Gasteiger partial charge in [0.2, 0.25) is 10.0 Å². The van der Waals surface area contributed by atoms with Gasteiger partial charge in [-0.15, -0.1) is 0 Å². The minimum Gasteiger partial charge on any atom is -0.330 e. The first-order valence-electron chi connectivity index (χ1n) is 6.39. The van der Waals surface area contributed by atoms with Gasteiger partial charge in [-0.1, -0.05) is 24.3 Å². The zero-order chi connectivity index (χ0) is 15.3. The number of rotatable bonds is 6. The quantitative estimate of drug-likeness (QED) is 0.839. The number of hydrogen-bond acceptors (Lipinski definition) is 4. The monoisotopic (exact) mass is 309 g/mol.